The molecule has 0 bridgehead atoms. The normalized spacial score (nSPS) is 11.2. The molecule has 1 heterocycles. The van der Waals surface area contributed by atoms with Gasteiger partial charge in [-0.2, -0.15) is 5.10 Å². The van der Waals surface area contributed by atoms with Crippen molar-refractivity contribution in [2.45, 2.75) is 32.7 Å². The number of amides is 3. The number of benzene rings is 1. The average molecular weight is 378 g/mol. The lowest BCUT2D eigenvalue weighted by atomic mass is 9.92. The molecule has 1 aromatic carbocycles. The molecule has 2 aromatic rings. The molecule has 0 aliphatic rings. The minimum absolute atomic E-state index is 0.0661. The van der Waals surface area contributed by atoms with Crippen molar-refractivity contribution in [3.05, 3.63) is 46.2 Å². The van der Waals surface area contributed by atoms with E-state index < -0.39 is 0 Å². The van der Waals surface area contributed by atoms with Gasteiger partial charge < -0.3 is 15.5 Å². The summed E-state index contributed by atoms with van der Waals surface area (Å²) < 4.78 is 0. The first-order valence-electron chi connectivity index (χ1n) is 8.20. The topological polar surface area (TPSA) is 90.1 Å². The third kappa shape index (κ3) is 4.76. The molecular weight excluding hydrogens is 354 g/mol. The maximum atomic E-state index is 12.4. The second-order valence-corrected chi connectivity index (χ2v) is 7.50. The number of rotatable bonds is 4. The largest absolute Gasteiger partial charge is 0.355 e. The second-order valence-electron chi connectivity index (χ2n) is 7.09. The van der Waals surface area contributed by atoms with E-state index in [9.17, 15) is 9.59 Å². The van der Waals surface area contributed by atoms with E-state index >= 15 is 0 Å². The first kappa shape index (κ1) is 19.8. The summed E-state index contributed by atoms with van der Waals surface area (Å²) in [5, 5.41) is 12.9. The Hall–Kier alpha value is -2.54. The molecule has 1 aromatic heterocycles. The van der Waals surface area contributed by atoms with Crippen LogP contribution in [0.25, 0.3) is 0 Å². The number of aromatic amines is 1. The van der Waals surface area contributed by atoms with Gasteiger partial charge in [0, 0.05) is 25.1 Å². The highest BCUT2D eigenvalue weighted by molar-refractivity contribution is 6.33. The Kier molecular flexibility index (Phi) is 5.92. The van der Waals surface area contributed by atoms with E-state index in [0.29, 0.717) is 22.8 Å². The van der Waals surface area contributed by atoms with Gasteiger partial charge in [0.25, 0.3) is 5.91 Å². The third-order valence-electron chi connectivity index (χ3n) is 3.85. The summed E-state index contributed by atoms with van der Waals surface area (Å²) in [7, 11) is 3.21. The standard InChI is InChI=1S/C18H24ClN5O2/c1-18(2,3)15-9-12(22-23-15)10-24(5)17(26)21-14-8-11(16(25)20-4)6-7-13(14)19/h6-9H,10H2,1-5H3,(H,20,25)(H,21,26)(H,22,23). The maximum Gasteiger partial charge on any atom is 0.321 e. The molecule has 0 spiro atoms. The van der Waals surface area contributed by atoms with Crippen LogP contribution >= 0.6 is 11.6 Å². The van der Waals surface area contributed by atoms with Gasteiger partial charge >= 0.3 is 6.03 Å². The number of aromatic nitrogens is 2. The van der Waals surface area contributed by atoms with Crippen LogP contribution in [0.15, 0.2) is 24.3 Å². The molecule has 7 nitrogen and oxygen atoms in total. The predicted molar refractivity (Wildman–Crippen MR) is 103 cm³/mol. The summed E-state index contributed by atoms with van der Waals surface area (Å²) in [6, 6.07) is 6.32. The lowest BCUT2D eigenvalue weighted by molar-refractivity contribution is 0.0963. The summed E-state index contributed by atoms with van der Waals surface area (Å²) in [5.41, 5.74) is 2.49. The zero-order chi connectivity index (χ0) is 19.5. The van der Waals surface area contributed by atoms with Crippen LogP contribution < -0.4 is 10.6 Å². The molecule has 0 fully saturated rings. The number of carbonyl (C=O) groups excluding carboxylic acids is 2. The molecule has 0 saturated heterocycles. The summed E-state index contributed by atoms with van der Waals surface area (Å²) in [6.07, 6.45) is 0. The van der Waals surface area contributed by atoms with Crippen LogP contribution in [-0.2, 0) is 12.0 Å². The molecule has 0 saturated carbocycles. The van der Waals surface area contributed by atoms with Gasteiger partial charge in [0.1, 0.15) is 0 Å². The number of nitrogens with one attached hydrogen (secondary N) is 3. The highest BCUT2D eigenvalue weighted by atomic mass is 35.5. The lowest BCUT2D eigenvalue weighted by Gasteiger charge is -2.18. The van der Waals surface area contributed by atoms with Crippen LogP contribution in [0.2, 0.25) is 5.02 Å². The highest BCUT2D eigenvalue weighted by Gasteiger charge is 2.19. The fourth-order valence-electron chi connectivity index (χ4n) is 2.27. The Morgan fingerprint density at radius 1 is 1.27 bits per heavy atom. The third-order valence-corrected chi connectivity index (χ3v) is 4.18. The molecule has 26 heavy (non-hydrogen) atoms. The summed E-state index contributed by atoms with van der Waals surface area (Å²) >= 11 is 6.13. The lowest BCUT2D eigenvalue weighted by Crippen LogP contribution is -2.31. The smallest absolute Gasteiger partial charge is 0.321 e. The van der Waals surface area contributed by atoms with Crippen LogP contribution in [0.4, 0.5) is 10.5 Å². The van der Waals surface area contributed by atoms with Gasteiger partial charge in [-0.3, -0.25) is 9.89 Å². The zero-order valence-electron chi connectivity index (χ0n) is 15.6. The first-order chi connectivity index (χ1) is 12.1. The fraction of sp³-hybridized carbons (Fsp3) is 0.389. The van der Waals surface area contributed by atoms with Gasteiger partial charge in [-0.1, -0.05) is 32.4 Å². The molecule has 140 valence electrons. The predicted octanol–water partition coefficient (Wildman–Crippen LogP) is 3.38. The van der Waals surface area contributed by atoms with Crippen LogP contribution in [-0.4, -0.2) is 41.1 Å². The van der Waals surface area contributed by atoms with Crippen LogP contribution in [0.5, 0.6) is 0 Å². The van der Waals surface area contributed by atoms with E-state index in [0.717, 1.165) is 11.4 Å². The van der Waals surface area contributed by atoms with Gasteiger partial charge in [0.15, 0.2) is 0 Å². The number of anilines is 1. The van der Waals surface area contributed by atoms with Crippen molar-refractivity contribution in [1.82, 2.24) is 20.4 Å². The number of hydrogen-bond donors (Lipinski definition) is 3. The summed E-state index contributed by atoms with van der Waals surface area (Å²) in [4.78, 5) is 25.7. The Balaban J connectivity index is 2.07. The van der Waals surface area contributed by atoms with Crippen LogP contribution in [0.3, 0.4) is 0 Å². The van der Waals surface area contributed by atoms with Crippen molar-refractivity contribution < 1.29 is 9.59 Å². The highest BCUT2D eigenvalue weighted by Crippen LogP contribution is 2.24. The first-order valence-corrected chi connectivity index (χ1v) is 8.58. The number of H-pyrrole nitrogens is 1. The average Bonchev–Trinajstić information content (AvgIpc) is 3.04. The van der Waals surface area contributed by atoms with Crippen molar-refractivity contribution in [2.24, 2.45) is 0 Å². The molecule has 3 N–H and O–H groups in total. The fourth-order valence-corrected chi connectivity index (χ4v) is 2.44. The van der Waals surface area contributed by atoms with Crippen LogP contribution in [0.1, 0.15) is 42.5 Å². The van der Waals surface area contributed by atoms with Gasteiger partial charge in [-0.25, -0.2) is 4.79 Å². The molecule has 0 unspecified atom stereocenters. The Labute approximate surface area is 158 Å². The Morgan fingerprint density at radius 3 is 2.54 bits per heavy atom. The van der Waals surface area contributed by atoms with Gasteiger partial charge in [0.05, 0.1) is 28.6 Å². The molecule has 2 rings (SSSR count). The van der Waals surface area contributed by atoms with E-state index in [1.54, 1.807) is 32.3 Å². The van der Waals surface area contributed by atoms with E-state index in [4.69, 9.17) is 11.6 Å². The summed E-state index contributed by atoms with van der Waals surface area (Å²) in [5.74, 6) is -0.252. The molecule has 0 atom stereocenters. The summed E-state index contributed by atoms with van der Waals surface area (Å²) in [6.45, 7) is 6.59. The zero-order valence-corrected chi connectivity index (χ0v) is 16.4. The SMILES string of the molecule is CNC(=O)c1ccc(Cl)c(NC(=O)N(C)Cc2cc(C(C)(C)C)n[nH]2)c1. The molecule has 8 heteroatoms. The van der Waals surface area contributed by atoms with E-state index in [1.165, 1.54) is 4.90 Å². The van der Waals surface area contributed by atoms with Crippen molar-refractivity contribution >= 4 is 29.2 Å². The Bertz CT molecular complexity index is 810. The molecule has 0 aliphatic heterocycles. The monoisotopic (exact) mass is 377 g/mol. The Morgan fingerprint density at radius 2 is 1.96 bits per heavy atom. The van der Waals surface area contributed by atoms with E-state index in [-0.39, 0.29) is 17.4 Å². The van der Waals surface area contributed by atoms with Crippen molar-refractivity contribution in [3.63, 3.8) is 0 Å². The minimum atomic E-state index is -0.340. The van der Waals surface area contributed by atoms with Crippen molar-refractivity contribution in [3.8, 4) is 0 Å². The molecule has 3 amide bonds. The molecule has 0 radical (unpaired) electrons. The number of carbonyl (C=O) groups is 2. The quantitative estimate of drug-likeness (QED) is 0.762. The molecule has 0 aliphatic carbocycles. The molecular formula is C18H24ClN5O2. The number of hydrogen-bond acceptors (Lipinski definition) is 3. The van der Waals surface area contributed by atoms with E-state index in [1.807, 2.05) is 6.07 Å². The van der Waals surface area contributed by atoms with Crippen molar-refractivity contribution in [1.29, 1.82) is 0 Å². The number of urea groups is 1. The minimum Gasteiger partial charge on any atom is -0.355 e. The second kappa shape index (κ2) is 7.78. The van der Waals surface area contributed by atoms with Gasteiger partial charge in [-0.15, -0.1) is 0 Å². The van der Waals surface area contributed by atoms with Crippen molar-refractivity contribution in [2.75, 3.05) is 19.4 Å². The number of halogens is 1. The maximum absolute atomic E-state index is 12.4. The number of nitrogens with zero attached hydrogens (tertiary/aromatic N) is 2. The van der Waals surface area contributed by atoms with E-state index in [2.05, 4.69) is 41.6 Å². The van der Waals surface area contributed by atoms with Gasteiger partial charge in [0.2, 0.25) is 0 Å². The van der Waals surface area contributed by atoms with Crippen LogP contribution in [0, 0.1) is 0 Å². The van der Waals surface area contributed by atoms with Gasteiger partial charge in [-0.05, 0) is 24.3 Å².